The first kappa shape index (κ1) is 9.09. The molecule has 1 unspecified atom stereocenters. The third-order valence-electron chi connectivity index (χ3n) is 2.17. The molecule has 0 bridgehead atoms. The van der Waals surface area contributed by atoms with Crippen LogP contribution in [0.5, 0.6) is 5.75 Å². The Labute approximate surface area is 81.9 Å². The van der Waals surface area contributed by atoms with Gasteiger partial charge in [-0.25, -0.2) is 0 Å². The van der Waals surface area contributed by atoms with Crippen LogP contribution >= 0.6 is 0 Å². The average molecular weight is 192 g/mol. The van der Waals surface area contributed by atoms with Gasteiger partial charge in [-0.2, -0.15) is 0 Å². The summed E-state index contributed by atoms with van der Waals surface area (Å²) in [5.74, 6) is 1.32. The van der Waals surface area contributed by atoms with Crippen molar-refractivity contribution < 1.29 is 14.3 Å². The van der Waals surface area contributed by atoms with Crippen molar-refractivity contribution >= 4 is 11.0 Å². The van der Waals surface area contributed by atoms with E-state index in [0.717, 1.165) is 16.7 Å². The maximum Gasteiger partial charge on any atom is 0.138 e. The number of ether oxygens (including phenoxy) is 1. The second-order valence-corrected chi connectivity index (χ2v) is 3.20. The van der Waals surface area contributed by atoms with Crippen LogP contribution in [0.1, 0.15) is 18.8 Å². The normalized spacial score (nSPS) is 13.1. The lowest BCUT2D eigenvalue weighted by Gasteiger charge is -1.98. The molecule has 3 heteroatoms. The van der Waals surface area contributed by atoms with Crippen molar-refractivity contribution in [3.8, 4) is 5.75 Å². The van der Waals surface area contributed by atoms with Gasteiger partial charge in [-0.15, -0.1) is 0 Å². The first-order valence-electron chi connectivity index (χ1n) is 4.47. The Morgan fingerprint density at radius 1 is 1.43 bits per heavy atom. The van der Waals surface area contributed by atoms with Crippen LogP contribution in [0.2, 0.25) is 0 Å². The number of aliphatic hydroxyl groups excluding tert-OH is 1. The molecular formula is C11H12O3. The SMILES string of the molecule is COc1cccc2oc(C(C)O)cc12. The van der Waals surface area contributed by atoms with Crippen LogP contribution in [0, 0.1) is 0 Å². The summed E-state index contributed by atoms with van der Waals surface area (Å²) in [6, 6.07) is 7.38. The van der Waals surface area contributed by atoms with Crippen LogP contribution < -0.4 is 4.74 Å². The van der Waals surface area contributed by atoms with Gasteiger partial charge >= 0.3 is 0 Å². The van der Waals surface area contributed by atoms with E-state index in [0.29, 0.717) is 5.76 Å². The zero-order chi connectivity index (χ0) is 10.1. The summed E-state index contributed by atoms with van der Waals surface area (Å²) in [5, 5.41) is 10.2. The average Bonchev–Trinajstić information content (AvgIpc) is 2.60. The predicted octanol–water partition coefficient (Wildman–Crippen LogP) is 2.49. The van der Waals surface area contributed by atoms with Crippen LogP contribution in [0.15, 0.2) is 28.7 Å². The van der Waals surface area contributed by atoms with Crippen molar-refractivity contribution in [2.24, 2.45) is 0 Å². The molecule has 3 nitrogen and oxygen atoms in total. The van der Waals surface area contributed by atoms with Crippen molar-refractivity contribution in [1.29, 1.82) is 0 Å². The molecule has 0 amide bonds. The van der Waals surface area contributed by atoms with E-state index in [1.807, 2.05) is 18.2 Å². The molecule has 1 atom stereocenters. The number of hydrogen-bond donors (Lipinski definition) is 1. The number of furan rings is 1. The highest BCUT2D eigenvalue weighted by atomic mass is 16.5. The van der Waals surface area contributed by atoms with Gasteiger partial charge in [0.2, 0.25) is 0 Å². The van der Waals surface area contributed by atoms with Gasteiger partial charge < -0.3 is 14.3 Å². The fraction of sp³-hybridized carbons (Fsp3) is 0.273. The van der Waals surface area contributed by atoms with E-state index in [1.54, 1.807) is 20.1 Å². The molecule has 1 heterocycles. The number of rotatable bonds is 2. The van der Waals surface area contributed by atoms with E-state index in [2.05, 4.69) is 0 Å². The molecule has 0 spiro atoms. The van der Waals surface area contributed by atoms with Crippen LogP contribution in [-0.4, -0.2) is 12.2 Å². The Balaban J connectivity index is 2.64. The summed E-state index contributed by atoms with van der Waals surface area (Å²) in [6.07, 6.45) is -0.591. The summed E-state index contributed by atoms with van der Waals surface area (Å²) in [5.41, 5.74) is 0.736. The first-order valence-corrected chi connectivity index (χ1v) is 4.47. The molecule has 0 radical (unpaired) electrons. The lowest BCUT2D eigenvalue weighted by molar-refractivity contribution is 0.172. The summed E-state index contributed by atoms with van der Waals surface area (Å²) >= 11 is 0. The second-order valence-electron chi connectivity index (χ2n) is 3.20. The highest BCUT2D eigenvalue weighted by Crippen LogP contribution is 2.30. The standard InChI is InChI=1S/C11H12O3/c1-7(12)11-6-8-9(13-2)4-3-5-10(8)14-11/h3-7,12H,1-2H3. The Morgan fingerprint density at radius 3 is 2.86 bits per heavy atom. The van der Waals surface area contributed by atoms with Crippen molar-refractivity contribution in [3.05, 3.63) is 30.0 Å². The molecule has 0 saturated heterocycles. The van der Waals surface area contributed by atoms with Gasteiger partial charge in [0.1, 0.15) is 23.2 Å². The smallest absolute Gasteiger partial charge is 0.138 e. The molecule has 0 aliphatic carbocycles. The number of methoxy groups -OCH3 is 1. The van der Waals surface area contributed by atoms with Crippen molar-refractivity contribution in [3.63, 3.8) is 0 Å². The van der Waals surface area contributed by atoms with Crippen LogP contribution in [0.3, 0.4) is 0 Å². The molecule has 0 fully saturated rings. The Bertz CT molecular complexity index is 443. The third-order valence-corrected chi connectivity index (χ3v) is 2.17. The lowest BCUT2D eigenvalue weighted by atomic mass is 10.2. The summed E-state index contributed by atoms with van der Waals surface area (Å²) in [6.45, 7) is 1.67. The van der Waals surface area contributed by atoms with Gasteiger partial charge in [0.05, 0.1) is 12.5 Å². The molecule has 1 aromatic heterocycles. The fourth-order valence-corrected chi connectivity index (χ4v) is 1.44. The highest BCUT2D eigenvalue weighted by molar-refractivity contribution is 5.84. The van der Waals surface area contributed by atoms with Crippen LogP contribution in [0.4, 0.5) is 0 Å². The summed E-state index contributed by atoms with van der Waals surface area (Å²) in [4.78, 5) is 0. The van der Waals surface area contributed by atoms with Crippen molar-refractivity contribution in [1.82, 2.24) is 0 Å². The fourth-order valence-electron chi connectivity index (χ4n) is 1.44. The summed E-state index contributed by atoms with van der Waals surface area (Å²) < 4.78 is 10.6. The quantitative estimate of drug-likeness (QED) is 0.794. The number of aliphatic hydroxyl groups is 1. The van der Waals surface area contributed by atoms with E-state index in [-0.39, 0.29) is 0 Å². The van der Waals surface area contributed by atoms with E-state index < -0.39 is 6.10 Å². The Morgan fingerprint density at radius 2 is 2.21 bits per heavy atom. The summed E-state index contributed by atoms with van der Waals surface area (Å²) in [7, 11) is 1.61. The zero-order valence-corrected chi connectivity index (χ0v) is 8.15. The second kappa shape index (κ2) is 3.35. The Hall–Kier alpha value is -1.48. The largest absolute Gasteiger partial charge is 0.496 e. The van der Waals surface area contributed by atoms with Gasteiger partial charge in [-0.05, 0) is 25.1 Å². The molecule has 0 aliphatic rings. The minimum atomic E-state index is -0.591. The highest BCUT2D eigenvalue weighted by Gasteiger charge is 2.10. The topological polar surface area (TPSA) is 42.6 Å². The molecule has 0 aliphatic heterocycles. The van der Waals surface area contributed by atoms with Gasteiger partial charge in [-0.3, -0.25) is 0 Å². The van der Waals surface area contributed by atoms with Crippen LogP contribution in [0.25, 0.3) is 11.0 Å². The third kappa shape index (κ3) is 1.36. The van der Waals surface area contributed by atoms with Crippen molar-refractivity contribution in [2.45, 2.75) is 13.0 Å². The van der Waals surface area contributed by atoms with Crippen LogP contribution in [-0.2, 0) is 0 Å². The molecule has 2 aromatic rings. The van der Waals surface area contributed by atoms with E-state index in [1.165, 1.54) is 0 Å². The van der Waals surface area contributed by atoms with Gasteiger partial charge in [-0.1, -0.05) is 6.07 Å². The number of hydrogen-bond acceptors (Lipinski definition) is 3. The lowest BCUT2D eigenvalue weighted by Crippen LogP contribution is -1.85. The van der Waals surface area contributed by atoms with E-state index >= 15 is 0 Å². The number of fused-ring (bicyclic) bond motifs is 1. The van der Waals surface area contributed by atoms with Gasteiger partial charge in [0.25, 0.3) is 0 Å². The first-order chi connectivity index (χ1) is 6.72. The molecule has 1 N–H and O–H groups in total. The van der Waals surface area contributed by atoms with Gasteiger partial charge in [0.15, 0.2) is 0 Å². The minimum Gasteiger partial charge on any atom is -0.496 e. The molecule has 74 valence electrons. The van der Waals surface area contributed by atoms with Crippen molar-refractivity contribution in [2.75, 3.05) is 7.11 Å². The minimum absolute atomic E-state index is 0.560. The number of benzene rings is 1. The molecule has 0 saturated carbocycles. The molecule has 2 rings (SSSR count). The monoisotopic (exact) mass is 192 g/mol. The zero-order valence-electron chi connectivity index (χ0n) is 8.15. The maximum atomic E-state index is 9.35. The Kier molecular flexibility index (Phi) is 2.17. The molecular weight excluding hydrogens is 180 g/mol. The predicted molar refractivity (Wildman–Crippen MR) is 53.4 cm³/mol. The van der Waals surface area contributed by atoms with Gasteiger partial charge in [0, 0.05) is 0 Å². The van der Waals surface area contributed by atoms with E-state index in [9.17, 15) is 5.11 Å². The maximum absolute atomic E-state index is 9.35. The molecule has 1 aromatic carbocycles. The molecule has 14 heavy (non-hydrogen) atoms. The van der Waals surface area contributed by atoms with E-state index in [4.69, 9.17) is 9.15 Å².